The Morgan fingerprint density at radius 1 is 0.933 bits per heavy atom. The summed E-state index contributed by atoms with van der Waals surface area (Å²) in [6.45, 7) is 9.16. The van der Waals surface area contributed by atoms with Gasteiger partial charge >= 0.3 is 5.97 Å². The van der Waals surface area contributed by atoms with E-state index in [1.54, 1.807) is 58.9 Å². The number of amides is 1. The van der Waals surface area contributed by atoms with Crippen LogP contribution in [-0.4, -0.2) is 60.8 Å². The average molecular weight is 421 g/mol. The summed E-state index contributed by atoms with van der Waals surface area (Å²) >= 11 is 0. The van der Waals surface area contributed by atoms with Gasteiger partial charge in [0.05, 0.1) is 12.2 Å². The molecule has 3 saturated heterocycles. The zero-order chi connectivity index (χ0) is 21.7. The van der Waals surface area contributed by atoms with Crippen LogP contribution in [0, 0.1) is 0 Å². The summed E-state index contributed by atoms with van der Waals surface area (Å²) in [6.07, 6.45) is -3.37. The van der Waals surface area contributed by atoms with Crippen molar-refractivity contribution in [3.8, 4) is 0 Å². The largest absolute Gasteiger partial charge is 0.462 e. The van der Waals surface area contributed by atoms with E-state index in [-0.39, 0.29) is 0 Å². The number of fused-ring (bicyclic) bond motifs is 3. The third kappa shape index (κ3) is 4.08. The van der Waals surface area contributed by atoms with E-state index in [2.05, 4.69) is 5.32 Å². The van der Waals surface area contributed by atoms with E-state index >= 15 is 0 Å². The Morgan fingerprint density at radius 3 is 2.20 bits per heavy atom. The van der Waals surface area contributed by atoms with E-state index in [0.29, 0.717) is 17.9 Å². The second-order valence-electron chi connectivity index (χ2n) is 8.38. The van der Waals surface area contributed by atoms with Crippen molar-refractivity contribution in [3.63, 3.8) is 0 Å². The molecule has 164 valence electrons. The molecule has 3 aliphatic heterocycles. The molecule has 9 nitrogen and oxygen atoms in total. The van der Waals surface area contributed by atoms with E-state index in [4.69, 9.17) is 28.4 Å². The van der Waals surface area contributed by atoms with Crippen LogP contribution < -0.4 is 5.32 Å². The van der Waals surface area contributed by atoms with Crippen molar-refractivity contribution in [2.75, 3.05) is 11.9 Å². The highest BCUT2D eigenvalue weighted by Crippen LogP contribution is 2.44. The molecule has 9 heteroatoms. The molecule has 30 heavy (non-hydrogen) atoms. The molecule has 0 spiro atoms. The van der Waals surface area contributed by atoms with Gasteiger partial charge in [-0.3, -0.25) is 4.79 Å². The Kier molecular flexibility index (Phi) is 5.36. The second-order valence-corrected chi connectivity index (χ2v) is 8.38. The topological polar surface area (TPSA) is 102 Å². The summed E-state index contributed by atoms with van der Waals surface area (Å²) < 4.78 is 34.6. The van der Waals surface area contributed by atoms with E-state index in [1.165, 1.54) is 0 Å². The number of benzene rings is 1. The third-order valence-electron chi connectivity index (χ3n) is 5.08. The number of carbonyl (C=O) groups is 2. The van der Waals surface area contributed by atoms with Crippen LogP contribution in [0.3, 0.4) is 0 Å². The Morgan fingerprint density at radius 2 is 1.53 bits per heavy atom. The molecule has 1 aromatic carbocycles. The maximum Gasteiger partial charge on any atom is 0.338 e. The van der Waals surface area contributed by atoms with Crippen LogP contribution in [-0.2, 0) is 33.2 Å². The van der Waals surface area contributed by atoms with E-state index < -0.39 is 54.2 Å². The standard InChI is InChI=1S/C21H27NO8/c1-6-25-18(24)11-7-9-12(10-8-11)22-17(23)15-13-14(28-20(2,3)27-13)16-19(26-15)30-21(4,5)29-16/h7-10,13-16,19H,6H2,1-5H3,(H,22,23)/t13-,14-,15-,16+,19-/m0/s1. The lowest BCUT2D eigenvalue weighted by Gasteiger charge is -2.36. The Labute approximate surface area is 174 Å². The molecule has 1 N–H and O–H groups in total. The Hall–Kier alpha value is -2.04. The van der Waals surface area contributed by atoms with Crippen molar-refractivity contribution in [3.05, 3.63) is 29.8 Å². The Balaban J connectivity index is 1.50. The first-order valence-electron chi connectivity index (χ1n) is 10.0. The van der Waals surface area contributed by atoms with E-state index in [0.717, 1.165) is 0 Å². The fourth-order valence-corrected chi connectivity index (χ4v) is 3.94. The van der Waals surface area contributed by atoms with Gasteiger partial charge in [0.15, 0.2) is 24.0 Å². The highest BCUT2D eigenvalue weighted by atomic mass is 16.9. The summed E-state index contributed by atoms with van der Waals surface area (Å²) in [6, 6.07) is 6.43. The van der Waals surface area contributed by atoms with E-state index in [9.17, 15) is 9.59 Å². The van der Waals surface area contributed by atoms with Crippen molar-refractivity contribution in [2.45, 2.75) is 76.9 Å². The molecule has 4 rings (SSSR count). The number of nitrogens with one attached hydrogen (secondary N) is 1. The van der Waals surface area contributed by atoms with Crippen molar-refractivity contribution in [2.24, 2.45) is 0 Å². The van der Waals surface area contributed by atoms with Crippen LogP contribution >= 0.6 is 0 Å². The van der Waals surface area contributed by atoms with Gasteiger partial charge in [-0.25, -0.2) is 4.79 Å². The molecule has 5 atom stereocenters. The third-order valence-corrected chi connectivity index (χ3v) is 5.08. The summed E-state index contributed by atoms with van der Waals surface area (Å²) in [5, 5.41) is 2.80. The maximum absolute atomic E-state index is 13.0. The van der Waals surface area contributed by atoms with Gasteiger partial charge < -0.3 is 33.7 Å². The number of carbonyl (C=O) groups excluding carboxylic acids is 2. The predicted molar refractivity (Wildman–Crippen MR) is 104 cm³/mol. The molecule has 0 bridgehead atoms. The lowest BCUT2D eigenvalue weighted by molar-refractivity contribution is -0.229. The molecule has 0 unspecified atom stereocenters. The van der Waals surface area contributed by atoms with Crippen LogP contribution in [0.25, 0.3) is 0 Å². The van der Waals surface area contributed by atoms with Crippen LogP contribution in [0.15, 0.2) is 24.3 Å². The van der Waals surface area contributed by atoms with Crippen molar-refractivity contribution in [1.29, 1.82) is 0 Å². The molecular weight excluding hydrogens is 394 g/mol. The van der Waals surface area contributed by atoms with Crippen LogP contribution in [0.4, 0.5) is 5.69 Å². The summed E-state index contributed by atoms with van der Waals surface area (Å²) in [5.41, 5.74) is 0.914. The normalized spacial score (nSPS) is 33.4. The van der Waals surface area contributed by atoms with Crippen LogP contribution in [0.1, 0.15) is 45.0 Å². The number of anilines is 1. The molecule has 0 saturated carbocycles. The minimum atomic E-state index is -0.958. The summed E-state index contributed by atoms with van der Waals surface area (Å²) in [5.74, 6) is -2.56. The Bertz CT molecular complexity index is 821. The zero-order valence-corrected chi connectivity index (χ0v) is 17.7. The van der Waals surface area contributed by atoms with Crippen LogP contribution in [0.5, 0.6) is 0 Å². The monoisotopic (exact) mass is 421 g/mol. The number of esters is 1. The fourth-order valence-electron chi connectivity index (χ4n) is 3.94. The molecular formula is C21H27NO8. The number of hydrogen-bond donors (Lipinski definition) is 1. The number of hydrogen-bond acceptors (Lipinski definition) is 8. The lowest BCUT2D eigenvalue weighted by Crippen LogP contribution is -2.58. The van der Waals surface area contributed by atoms with Gasteiger partial charge in [0, 0.05) is 5.69 Å². The first-order valence-corrected chi connectivity index (χ1v) is 10.0. The van der Waals surface area contributed by atoms with Gasteiger partial charge in [0.2, 0.25) is 0 Å². The number of ether oxygens (including phenoxy) is 6. The summed E-state index contributed by atoms with van der Waals surface area (Å²) in [4.78, 5) is 24.8. The second kappa shape index (κ2) is 7.58. The van der Waals surface area contributed by atoms with Gasteiger partial charge in [0.25, 0.3) is 5.91 Å². The average Bonchev–Trinajstić information content (AvgIpc) is 3.15. The minimum absolute atomic E-state index is 0.294. The van der Waals surface area contributed by atoms with E-state index in [1.807, 2.05) is 0 Å². The molecule has 3 heterocycles. The maximum atomic E-state index is 13.0. The highest BCUT2D eigenvalue weighted by Gasteiger charge is 2.62. The van der Waals surface area contributed by atoms with Gasteiger partial charge in [-0.1, -0.05) is 0 Å². The quantitative estimate of drug-likeness (QED) is 0.739. The molecule has 0 aromatic heterocycles. The van der Waals surface area contributed by atoms with Crippen molar-refractivity contribution in [1.82, 2.24) is 0 Å². The number of rotatable bonds is 4. The lowest BCUT2D eigenvalue weighted by atomic mass is 9.98. The molecule has 1 amide bonds. The summed E-state index contributed by atoms with van der Waals surface area (Å²) in [7, 11) is 0. The van der Waals surface area contributed by atoms with Crippen molar-refractivity contribution < 1.29 is 38.0 Å². The first kappa shape index (κ1) is 21.2. The molecule has 0 radical (unpaired) electrons. The van der Waals surface area contributed by atoms with Gasteiger partial charge in [-0.2, -0.15) is 0 Å². The van der Waals surface area contributed by atoms with Crippen LogP contribution in [0.2, 0.25) is 0 Å². The highest BCUT2D eigenvalue weighted by molar-refractivity contribution is 5.96. The molecule has 0 aliphatic carbocycles. The van der Waals surface area contributed by atoms with Gasteiger partial charge in [0.1, 0.15) is 18.3 Å². The SMILES string of the molecule is CCOC(=O)c1ccc(NC(=O)[C@H]2O[C@H]3OC(C)(C)O[C@@H]3[C@H]3OC(C)(C)O[C@@H]32)cc1. The molecule has 1 aromatic rings. The minimum Gasteiger partial charge on any atom is -0.462 e. The smallest absolute Gasteiger partial charge is 0.338 e. The van der Waals surface area contributed by atoms with Gasteiger partial charge in [-0.15, -0.1) is 0 Å². The van der Waals surface area contributed by atoms with Crippen molar-refractivity contribution >= 4 is 17.6 Å². The molecule has 3 fully saturated rings. The zero-order valence-electron chi connectivity index (χ0n) is 17.7. The predicted octanol–water partition coefficient (Wildman–Crippen LogP) is 2.20. The fraction of sp³-hybridized carbons (Fsp3) is 0.619. The van der Waals surface area contributed by atoms with Gasteiger partial charge in [-0.05, 0) is 58.9 Å². The first-order chi connectivity index (χ1) is 14.1. The molecule has 3 aliphatic rings.